The maximum atomic E-state index is 12.1. The summed E-state index contributed by atoms with van der Waals surface area (Å²) in [6.45, 7) is 1.85. The van der Waals surface area contributed by atoms with Crippen LogP contribution in [-0.4, -0.2) is 11.3 Å². The van der Waals surface area contributed by atoms with Crippen LogP contribution in [0.2, 0.25) is 0 Å². The average Bonchev–Trinajstić information content (AvgIpc) is 2.89. The number of nitrogens with two attached hydrogens (primary N) is 1. The number of Topliss-reactive ketones (excluding diaryl/α,β-unsaturated/α-hetero) is 1. The Balaban J connectivity index is 2.27. The highest BCUT2D eigenvalue weighted by Gasteiger charge is 2.44. The number of halogens is 1. The summed E-state index contributed by atoms with van der Waals surface area (Å²) in [7, 11) is 0. The summed E-state index contributed by atoms with van der Waals surface area (Å²) in [5, 5.41) is 1.90. The number of hydrogen-bond donors (Lipinski definition) is 1. The van der Waals surface area contributed by atoms with E-state index in [-0.39, 0.29) is 5.78 Å². The lowest BCUT2D eigenvalue weighted by atomic mass is 9.91. The van der Waals surface area contributed by atoms with Gasteiger partial charge in [0.05, 0.1) is 10.4 Å². The molecule has 4 heteroatoms. The zero-order valence-corrected chi connectivity index (χ0v) is 10.3. The Bertz CT molecular complexity index is 368. The first-order valence-electron chi connectivity index (χ1n) is 4.60. The second kappa shape index (κ2) is 3.43. The molecular weight excluding hydrogens is 262 g/mol. The van der Waals surface area contributed by atoms with Gasteiger partial charge in [0.1, 0.15) is 0 Å². The number of carbonyl (C=O) groups excluding carboxylic acids is 1. The molecule has 1 aromatic heterocycles. The van der Waals surface area contributed by atoms with Crippen molar-refractivity contribution < 1.29 is 4.79 Å². The van der Waals surface area contributed by atoms with Crippen LogP contribution in [0.15, 0.2) is 15.9 Å². The summed E-state index contributed by atoms with van der Waals surface area (Å²) >= 11 is 4.82. The minimum absolute atomic E-state index is 0.0712. The summed E-state index contributed by atoms with van der Waals surface area (Å²) in [4.78, 5) is 12.8. The highest BCUT2D eigenvalue weighted by Crippen LogP contribution is 2.41. The van der Waals surface area contributed by atoms with Crippen molar-refractivity contribution in [3.8, 4) is 0 Å². The van der Waals surface area contributed by atoms with E-state index < -0.39 is 5.54 Å². The van der Waals surface area contributed by atoms with Gasteiger partial charge in [-0.05, 0) is 53.1 Å². The first-order chi connectivity index (χ1) is 6.53. The van der Waals surface area contributed by atoms with Gasteiger partial charge in [-0.15, -0.1) is 11.3 Å². The van der Waals surface area contributed by atoms with E-state index in [1.807, 2.05) is 18.4 Å². The van der Waals surface area contributed by atoms with E-state index in [9.17, 15) is 4.79 Å². The predicted molar refractivity (Wildman–Crippen MR) is 61.7 cm³/mol. The average molecular weight is 274 g/mol. The van der Waals surface area contributed by atoms with Crippen LogP contribution in [0.4, 0.5) is 0 Å². The first kappa shape index (κ1) is 10.3. The van der Waals surface area contributed by atoms with E-state index in [1.165, 1.54) is 11.3 Å². The summed E-state index contributed by atoms with van der Waals surface area (Å²) in [5.41, 5.74) is 5.39. The molecule has 1 saturated carbocycles. The fourth-order valence-electron chi connectivity index (χ4n) is 1.57. The molecule has 2 N–H and O–H groups in total. The van der Waals surface area contributed by atoms with Crippen molar-refractivity contribution in [1.29, 1.82) is 0 Å². The van der Waals surface area contributed by atoms with Gasteiger partial charge >= 0.3 is 0 Å². The highest BCUT2D eigenvalue weighted by atomic mass is 79.9. The Hall–Kier alpha value is -0.190. The molecule has 0 bridgehead atoms. The van der Waals surface area contributed by atoms with Crippen molar-refractivity contribution in [1.82, 2.24) is 0 Å². The van der Waals surface area contributed by atoms with Crippen LogP contribution in [0.3, 0.4) is 0 Å². The lowest BCUT2D eigenvalue weighted by Gasteiger charge is -2.21. The molecule has 1 aromatic rings. The molecule has 14 heavy (non-hydrogen) atoms. The lowest BCUT2D eigenvalue weighted by Crippen LogP contribution is -2.46. The molecule has 2 rings (SSSR count). The zero-order chi connectivity index (χ0) is 10.3. The van der Waals surface area contributed by atoms with Crippen molar-refractivity contribution in [2.24, 2.45) is 11.7 Å². The molecule has 1 heterocycles. The Morgan fingerprint density at radius 2 is 2.36 bits per heavy atom. The van der Waals surface area contributed by atoms with Crippen LogP contribution in [-0.2, 0) is 0 Å². The minimum Gasteiger partial charge on any atom is -0.319 e. The van der Waals surface area contributed by atoms with E-state index in [0.29, 0.717) is 5.92 Å². The molecule has 1 aliphatic rings. The molecule has 0 spiro atoms. The number of thiophene rings is 1. The largest absolute Gasteiger partial charge is 0.319 e. The van der Waals surface area contributed by atoms with Crippen molar-refractivity contribution in [3.63, 3.8) is 0 Å². The third-order valence-corrected chi connectivity index (χ3v) is 4.57. The maximum Gasteiger partial charge on any atom is 0.193 e. The third kappa shape index (κ3) is 1.66. The lowest BCUT2D eigenvalue weighted by molar-refractivity contribution is 0.0887. The van der Waals surface area contributed by atoms with Gasteiger partial charge < -0.3 is 5.73 Å². The molecule has 0 saturated heterocycles. The number of hydrogen-bond acceptors (Lipinski definition) is 3. The van der Waals surface area contributed by atoms with Crippen LogP contribution in [0.1, 0.15) is 29.4 Å². The Kier molecular flexibility index (Phi) is 2.53. The Morgan fingerprint density at radius 1 is 1.71 bits per heavy atom. The molecule has 1 atom stereocenters. The molecule has 76 valence electrons. The molecule has 0 amide bonds. The monoisotopic (exact) mass is 273 g/mol. The zero-order valence-electron chi connectivity index (χ0n) is 7.92. The van der Waals surface area contributed by atoms with Gasteiger partial charge in [-0.3, -0.25) is 4.79 Å². The van der Waals surface area contributed by atoms with E-state index in [0.717, 1.165) is 22.2 Å². The fourth-order valence-corrected chi connectivity index (χ4v) is 3.18. The van der Waals surface area contributed by atoms with Crippen molar-refractivity contribution in [2.45, 2.75) is 25.3 Å². The van der Waals surface area contributed by atoms with E-state index in [4.69, 9.17) is 5.73 Å². The number of ketones is 1. The van der Waals surface area contributed by atoms with Gasteiger partial charge in [0.25, 0.3) is 0 Å². The molecular formula is C10H12BrNOS. The van der Waals surface area contributed by atoms with Gasteiger partial charge in [0.15, 0.2) is 5.78 Å². The minimum atomic E-state index is -0.673. The summed E-state index contributed by atoms with van der Waals surface area (Å²) in [6, 6.07) is 1.89. The summed E-state index contributed by atoms with van der Waals surface area (Å²) in [6.07, 6.45) is 2.17. The maximum absolute atomic E-state index is 12.1. The van der Waals surface area contributed by atoms with Gasteiger partial charge in [-0.25, -0.2) is 0 Å². The molecule has 2 nitrogen and oxygen atoms in total. The van der Waals surface area contributed by atoms with Gasteiger partial charge in [0, 0.05) is 4.47 Å². The van der Waals surface area contributed by atoms with Crippen molar-refractivity contribution >= 4 is 33.0 Å². The van der Waals surface area contributed by atoms with Crippen LogP contribution in [0.5, 0.6) is 0 Å². The van der Waals surface area contributed by atoms with Crippen LogP contribution in [0, 0.1) is 5.92 Å². The SMILES string of the molecule is CC(N)(C(=O)c1sccc1Br)C1CC1. The Morgan fingerprint density at radius 3 is 2.79 bits per heavy atom. The van der Waals surface area contributed by atoms with Crippen LogP contribution < -0.4 is 5.73 Å². The fraction of sp³-hybridized carbons (Fsp3) is 0.500. The molecule has 1 fully saturated rings. The van der Waals surface area contributed by atoms with E-state index in [1.54, 1.807) is 0 Å². The van der Waals surface area contributed by atoms with Gasteiger partial charge in [-0.1, -0.05) is 0 Å². The van der Waals surface area contributed by atoms with Crippen molar-refractivity contribution in [3.05, 3.63) is 20.8 Å². The second-order valence-electron chi connectivity index (χ2n) is 3.98. The van der Waals surface area contributed by atoms with Gasteiger partial charge in [-0.2, -0.15) is 0 Å². The van der Waals surface area contributed by atoms with Crippen LogP contribution in [0.25, 0.3) is 0 Å². The van der Waals surface area contributed by atoms with Crippen molar-refractivity contribution in [2.75, 3.05) is 0 Å². The normalized spacial score (nSPS) is 20.5. The van der Waals surface area contributed by atoms with E-state index >= 15 is 0 Å². The molecule has 1 aliphatic carbocycles. The topological polar surface area (TPSA) is 43.1 Å². The first-order valence-corrected chi connectivity index (χ1v) is 6.27. The standard InChI is InChI=1S/C10H12BrNOS/c1-10(12,6-2-3-6)9(13)8-7(11)4-5-14-8/h4-6H,2-3,12H2,1H3. The number of carbonyl (C=O) groups is 1. The number of rotatable bonds is 3. The van der Waals surface area contributed by atoms with Gasteiger partial charge in [0.2, 0.25) is 0 Å². The molecule has 0 aliphatic heterocycles. The molecule has 0 radical (unpaired) electrons. The quantitative estimate of drug-likeness (QED) is 0.861. The van der Waals surface area contributed by atoms with Crippen LogP contribution >= 0.6 is 27.3 Å². The molecule has 1 unspecified atom stereocenters. The molecule has 0 aromatic carbocycles. The summed E-state index contributed by atoms with van der Waals surface area (Å²) in [5.74, 6) is 0.450. The second-order valence-corrected chi connectivity index (χ2v) is 5.75. The summed E-state index contributed by atoms with van der Waals surface area (Å²) < 4.78 is 0.866. The highest BCUT2D eigenvalue weighted by molar-refractivity contribution is 9.10. The smallest absolute Gasteiger partial charge is 0.193 e. The predicted octanol–water partition coefficient (Wildman–Crippen LogP) is 2.82. The Labute approximate surface area is 95.6 Å². The third-order valence-electron chi connectivity index (χ3n) is 2.74. The van der Waals surface area contributed by atoms with E-state index in [2.05, 4.69) is 15.9 Å².